The molecule has 2 fully saturated rings. The van der Waals surface area contributed by atoms with E-state index in [1.54, 1.807) is 6.20 Å². The molecule has 1 N–H and O–H groups in total. The minimum Gasteiger partial charge on any atom is -0.355 e. The van der Waals surface area contributed by atoms with Crippen molar-refractivity contribution in [2.24, 2.45) is 26.8 Å². The molecule has 120 valence electrons. The van der Waals surface area contributed by atoms with Crippen molar-refractivity contribution in [3.8, 4) is 0 Å². The number of aromatic nitrogens is 1. The summed E-state index contributed by atoms with van der Waals surface area (Å²) in [5.74, 6) is 2.97. The SMILES string of the molecule is C=N/C(=C\N=CN=C(C=N)N1CC2CC2C1)n1c(C)ccc1C. The summed E-state index contributed by atoms with van der Waals surface area (Å²) >= 11 is 0. The van der Waals surface area contributed by atoms with Gasteiger partial charge in [-0.1, -0.05) is 0 Å². The molecular weight excluding hydrogens is 288 g/mol. The summed E-state index contributed by atoms with van der Waals surface area (Å²) in [5, 5.41) is 7.52. The largest absolute Gasteiger partial charge is 0.355 e. The van der Waals surface area contributed by atoms with Gasteiger partial charge in [-0.25, -0.2) is 15.0 Å². The molecule has 6 heteroatoms. The van der Waals surface area contributed by atoms with E-state index < -0.39 is 0 Å². The maximum absolute atomic E-state index is 7.52. The second kappa shape index (κ2) is 6.32. The van der Waals surface area contributed by atoms with Gasteiger partial charge in [0, 0.05) is 24.5 Å². The third-order valence-corrected chi connectivity index (χ3v) is 4.54. The molecule has 2 atom stereocenters. The summed E-state index contributed by atoms with van der Waals surface area (Å²) in [4.78, 5) is 14.7. The van der Waals surface area contributed by atoms with Crippen LogP contribution in [0, 0.1) is 31.1 Å². The van der Waals surface area contributed by atoms with Crippen LogP contribution in [0.2, 0.25) is 0 Å². The van der Waals surface area contributed by atoms with Crippen molar-refractivity contribution in [3.63, 3.8) is 0 Å². The molecule has 1 aromatic rings. The van der Waals surface area contributed by atoms with E-state index in [0.717, 1.165) is 36.3 Å². The van der Waals surface area contributed by atoms with E-state index in [0.29, 0.717) is 11.7 Å². The van der Waals surface area contributed by atoms with Crippen LogP contribution in [0.4, 0.5) is 0 Å². The average Bonchev–Trinajstić information content (AvgIpc) is 3.02. The van der Waals surface area contributed by atoms with Crippen LogP contribution in [-0.4, -0.2) is 47.7 Å². The van der Waals surface area contributed by atoms with Gasteiger partial charge in [0.15, 0.2) is 5.82 Å². The Morgan fingerprint density at radius 3 is 2.48 bits per heavy atom. The number of fused-ring (bicyclic) bond motifs is 1. The van der Waals surface area contributed by atoms with E-state index in [9.17, 15) is 0 Å². The van der Waals surface area contributed by atoms with Crippen molar-refractivity contribution >= 4 is 30.9 Å². The highest BCUT2D eigenvalue weighted by Gasteiger charge is 2.45. The molecule has 1 saturated heterocycles. The zero-order chi connectivity index (χ0) is 16.4. The van der Waals surface area contributed by atoms with Crippen LogP contribution in [0.3, 0.4) is 0 Å². The van der Waals surface area contributed by atoms with E-state index in [4.69, 9.17) is 5.41 Å². The van der Waals surface area contributed by atoms with Gasteiger partial charge in [0.1, 0.15) is 12.2 Å². The molecule has 0 aromatic carbocycles. The van der Waals surface area contributed by atoms with Gasteiger partial charge < -0.3 is 14.9 Å². The number of aryl methyl sites for hydroxylation is 2. The summed E-state index contributed by atoms with van der Waals surface area (Å²) in [5.41, 5.74) is 2.16. The van der Waals surface area contributed by atoms with Gasteiger partial charge in [0.05, 0.1) is 12.4 Å². The molecule has 6 nitrogen and oxygen atoms in total. The summed E-state index contributed by atoms with van der Waals surface area (Å²) in [6.07, 6.45) is 5.75. The fourth-order valence-electron chi connectivity index (χ4n) is 3.19. The molecule has 2 unspecified atom stereocenters. The van der Waals surface area contributed by atoms with Gasteiger partial charge in [-0.15, -0.1) is 0 Å². The Balaban J connectivity index is 1.71. The van der Waals surface area contributed by atoms with Gasteiger partial charge in [0.2, 0.25) is 0 Å². The zero-order valence-corrected chi connectivity index (χ0v) is 13.6. The highest BCUT2D eigenvalue weighted by Crippen LogP contribution is 2.44. The fourth-order valence-corrected chi connectivity index (χ4v) is 3.19. The first-order valence-electron chi connectivity index (χ1n) is 7.81. The summed E-state index contributed by atoms with van der Waals surface area (Å²) < 4.78 is 1.99. The Hall–Kier alpha value is -2.50. The third-order valence-electron chi connectivity index (χ3n) is 4.54. The molecule has 23 heavy (non-hydrogen) atoms. The van der Waals surface area contributed by atoms with Crippen molar-refractivity contribution in [1.82, 2.24) is 9.47 Å². The van der Waals surface area contributed by atoms with Crippen molar-refractivity contribution in [1.29, 1.82) is 5.41 Å². The second-order valence-electron chi connectivity index (χ2n) is 6.15. The number of amidine groups is 1. The molecular formula is C17H22N6. The number of rotatable bonds is 5. The van der Waals surface area contributed by atoms with Crippen LogP contribution in [0.25, 0.3) is 5.82 Å². The minimum atomic E-state index is 0.662. The standard InChI is InChI=1S/C17H22N6/c1-12-4-5-13(2)23(12)17(19-3)8-20-11-21-16(7-18)22-9-14-6-15(14)10-22/h4-5,7-8,11,14-15,18H,3,6,9-10H2,1-2H3/b17-8+,18-7?,20-11?,21-16?. The van der Waals surface area contributed by atoms with Crippen LogP contribution in [0.5, 0.6) is 0 Å². The number of nitrogens with zero attached hydrogens (tertiary/aromatic N) is 5. The first-order valence-corrected chi connectivity index (χ1v) is 7.81. The first kappa shape index (κ1) is 15.4. The number of hydrogen-bond donors (Lipinski definition) is 1. The zero-order valence-electron chi connectivity index (χ0n) is 13.6. The Morgan fingerprint density at radius 2 is 1.91 bits per heavy atom. The van der Waals surface area contributed by atoms with Gasteiger partial charge in [-0.05, 0) is 51.0 Å². The maximum atomic E-state index is 7.52. The lowest BCUT2D eigenvalue weighted by Crippen LogP contribution is -2.31. The van der Waals surface area contributed by atoms with Crippen molar-refractivity contribution < 1.29 is 0 Å². The van der Waals surface area contributed by atoms with Gasteiger partial charge >= 0.3 is 0 Å². The fraction of sp³-hybridized carbons (Fsp3) is 0.412. The molecule has 1 aliphatic carbocycles. The van der Waals surface area contributed by atoms with Crippen LogP contribution in [0.1, 0.15) is 17.8 Å². The number of likely N-dealkylation sites (tertiary alicyclic amines) is 1. The van der Waals surface area contributed by atoms with Crippen LogP contribution < -0.4 is 0 Å². The molecule has 2 aliphatic rings. The van der Waals surface area contributed by atoms with E-state index in [1.807, 2.05) is 30.5 Å². The van der Waals surface area contributed by atoms with Crippen LogP contribution >= 0.6 is 0 Å². The monoisotopic (exact) mass is 310 g/mol. The molecule has 0 radical (unpaired) electrons. The second-order valence-corrected chi connectivity index (χ2v) is 6.15. The Bertz CT molecular complexity index is 679. The average molecular weight is 310 g/mol. The van der Waals surface area contributed by atoms with Gasteiger partial charge in [0.25, 0.3) is 0 Å². The predicted octanol–water partition coefficient (Wildman–Crippen LogP) is 2.59. The number of nitrogens with one attached hydrogen (secondary N) is 1. The normalized spacial score (nSPS) is 24.2. The van der Waals surface area contributed by atoms with E-state index in [1.165, 1.54) is 19.0 Å². The Labute approximate surface area is 136 Å². The summed E-state index contributed by atoms with van der Waals surface area (Å²) in [7, 11) is 0. The summed E-state index contributed by atoms with van der Waals surface area (Å²) in [6, 6.07) is 4.06. The maximum Gasteiger partial charge on any atom is 0.154 e. The number of aliphatic imine (C=N–C) groups is 3. The number of hydrogen-bond acceptors (Lipinski definition) is 3. The van der Waals surface area contributed by atoms with Crippen molar-refractivity contribution in [2.45, 2.75) is 20.3 Å². The van der Waals surface area contributed by atoms with Crippen molar-refractivity contribution in [2.75, 3.05) is 13.1 Å². The molecule has 0 amide bonds. The first-order chi connectivity index (χ1) is 11.1. The van der Waals surface area contributed by atoms with E-state index in [2.05, 4.69) is 26.6 Å². The highest BCUT2D eigenvalue weighted by molar-refractivity contribution is 6.29. The topological polar surface area (TPSA) is 69.1 Å². The molecule has 1 saturated carbocycles. The highest BCUT2D eigenvalue weighted by atomic mass is 15.2. The molecule has 0 bridgehead atoms. The quantitative estimate of drug-likeness (QED) is 0.659. The van der Waals surface area contributed by atoms with Crippen LogP contribution in [-0.2, 0) is 0 Å². The Kier molecular flexibility index (Phi) is 4.23. The van der Waals surface area contributed by atoms with Gasteiger partial charge in [-0.2, -0.15) is 0 Å². The smallest absolute Gasteiger partial charge is 0.154 e. The van der Waals surface area contributed by atoms with Crippen LogP contribution in [0.15, 0.2) is 33.3 Å². The molecule has 0 spiro atoms. The number of piperidine rings is 1. The lowest BCUT2D eigenvalue weighted by molar-refractivity contribution is 0.468. The molecule has 1 aromatic heterocycles. The molecule has 2 heterocycles. The third kappa shape index (κ3) is 3.16. The van der Waals surface area contributed by atoms with Crippen molar-refractivity contribution in [3.05, 3.63) is 29.7 Å². The van der Waals surface area contributed by atoms with Gasteiger partial charge in [-0.3, -0.25) is 0 Å². The summed E-state index contributed by atoms with van der Waals surface area (Å²) in [6.45, 7) is 9.67. The van der Waals surface area contributed by atoms with E-state index in [-0.39, 0.29) is 0 Å². The predicted molar refractivity (Wildman–Crippen MR) is 95.6 cm³/mol. The lowest BCUT2D eigenvalue weighted by Gasteiger charge is -2.18. The van der Waals surface area contributed by atoms with E-state index >= 15 is 0 Å². The molecule has 1 aliphatic heterocycles. The lowest BCUT2D eigenvalue weighted by atomic mass is 10.4. The molecule has 3 rings (SSSR count). The minimum absolute atomic E-state index is 0.662. The Morgan fingerprint density at radius 1 is 1.26 bits per heavy atom.